The average molecular weight is 185 g/mol. The van der Waals surface area contributed by atoms with Gasteiger partial charge in [-0.2, -0.15) is 0 Å². The zero-order valence-electron chi connectivity index (χ0n) is 7.07. The zero-order chi connectivity index (χ0) is 9.14. The summed E-state index contributed by atoms with van der Waals surface area (Å²) in [5.74, 6) is -0.0223. The maximum absolute atomic E-state index is 11.3. The lowest BCUT2D eigenvalue weighted by Crippen LogP contribution is -2.20. The number of nitrogens with zero attached hydrogens (tertiary/aromatic N) is 1. The Bertz CT molecular complexity index is 280. The number of rotatable bonds is 2. The number of carbonyl (C=O) groups is 1. The van der Waals surface area contributed by atoms with Crippen LogP contribution in [0.2, 0.25) is 0 Å². The Morgan fingerprint density at radius 3 is 2.75 bits per heavy atom. The first-order valence-corrected chi connectivity index (χ1v) is 4.43. The molecule has 0 aliphatic heterocycles. The highest BCUT2D eigenvalue weighted by Crippen LogP contribution is 2.15. The van der Waals surface area contributed by atoms with Crippen LogP contribution in [-0.2, 0) is 6.61 Å². The summed E-state index contributed by atoms with van der Waals surface area (Å²) in [5.41, 5.74) is 0.647. The van der Waals surface area contributed by atoms with Crippen LogP contribution in [0.15, 0.2) is 11.4 Å². The topological polar surface area (TPSA) is 40.5 Å². The second-order valence-corrected chi connectivity index (χ2v) is 3.66. The van der Waals surface area contributed by atoms with Gasteiger partial charge in [-0.15, -0.1) is 11.3 Å². The van der Waals surface area contributed by atoms with E-state index in [1.165, 1.54) is 16.2 Å². The Kier molecular flexibility index (Phi) is 2.83. The van der Waals surface area contributed by atoms with Crippen LogP contribution in [-0.4, -0.2) is 30.0 Å². The van der Waals surface area contributed by atoms with Crippen molar-refractivity contribution >= 4 is 17.2 Å². The number of carbonyl (C=O) groups excluding carboxylic acids is 1. The molecular weight excluding hydrogens is 174 g/mol. The van der Waals surface area contributed by atoms with Crippen molar-refractivity contribution in [3.8, 4) is 0 Å². The summed E-state index contributed by atoms with van der Waals surface area (Å²) in [6.45, 7) is 0.00533. The number of hydrogen-bond donors (Lipinski definition) is 1. The van der Waals surface area contributed by atoms with Crippen LogP contribution in [0.4, 0.5) is 0 Å². The van der Waals surface area contributed by atoms with Crippen molar-refractivity contribution in [3.63, 3.8) is 0 Å². The minimum atomic E-state index is -0.0223. The van der Waals surface area contributed by atoms with E-state index in [0.29, 0.717) is 5.56 Å². The molecular formula is C8H11NO2S. The fourth-order valence-electron chi connectivity index (χ4n) is 0.834. The van der Waals surface area contributed by atoms with E-state index in [1.54, 1.807) is 25.5 Å². The number of thiophene rings is 1. The molecule has 3 nitrogen and oxygen atoms in total. The first-order chi connectivity index (χ1) is 5.65. The Morgan fingerprint density at radius 1 is 1.67 bits per heavy atom. The van der Waals surface area contributed by atoms with Gasteiger partial charge < -0.3 is 10.0 Å². The fourth-order valence-corrected chi connectivity index (χ4v) is 1.55. The molecule has 0 saturated heterocycles. The zero-order valence-corrected chi connectivity index (χ0v) is 7.89. The molecule has 4 heteroatoms. The molecule has 66 valence electrons. The summed E-state index contributed by atoms with van der Waals surface area (Å²) in [4.78, 5) is 13.7. The van der Waals surface area contributed by atoms with Crippen molar-refractivity contribution in [1.29, 1.82) is 0 Å². The molecule has 1 heterocycles. The van der Waals surface area contributed by atoms with E-state index >= 15 is 0 Å². The third kappa shape index (κ3) is 1.84. The molecule has 1 N–H and O–H groups in total. The van der Waals surface area contributed by atoms with Crippen molar-refractivity contribution in [2.75, 3.05) is 14.1 Å². The van der Waals surface area contributed by atoms with Gasteiger partial charge in [-0.25, -0.2) is 0 Å². The summed E-state index contributed by atoms with van der Waals surface area (Å²) in [7, 11) is 3.41. The predicted molar refractivity (Wildman–Crippen MR) is 48.3 cm³/mol. The maximum Gasteiger partial charge on any atom is 0.254 e. The minimum Gasteiger partial charge on any atom is -0.391 e. The van der Waals surface area contributed by atoms with E-state index in [4.69, 9.17) is 5.11 Å². The van der Waals surface area contributed by atoms with E-state index in [-0.39, 0.29) is 12.5 Å². The normalized spacial score (nSPS) is 9.92. The van der Waals surface area contributed by atoms with Gasteiger partial charge in [-0.05, 0) is 6.07 Å². The molecule has 0 unspecified atom stereocenters. The molecule has 0 atom stereocenters. The van der Waals surface area contributed by atoms with Crippen LogP contribution in [0.5, 0.6) is 0 Å². The number of aliphatic hydroxyl groups is 1. The lowest BCUT2D eigenvalue weighted by Gasteiger charge is -2.07. The smallest absolute Gasteiger partial charge is 0.254 e. The minimum absolute atomic E-state index is 0.00533. The number of hydrogen-bond acceptors (Lipinski definition) is 3. The predicted octanol–water partition coefficient (Wildman–Crippen LogP) is 0.942. The largest absolute Gasteiger partial charge is 0.391 e. The van der Waals surface area contributed by atoms with Gasteiger partial charge in [0.1, 0.15) is 0 Å². The molecule has 1 rings (SSSR count). The highest BCUT2D eigenvalue weighted by molar-refractivity contribution is 7.10. The van der Waals surface area contributed by atoms with Gasteiger partial charge in [0.15, 0.2) is 0 Å². The van der Waals surface area contributed by atoms with Crippen LogP contribution < -0.4 is 0 Å². The SMILES string of the molecule is CN(C)C(=O)c1csc(CO)c1. The van der Waals surface area contributed by atoms with Crippen molar-refractivity contribution in [3.05, 3.63) is 21.9 Å². The monoisotopic (exact) mass is 185 g/mol. The number of amides is 1. The van der Waals surface area contributed by atoms with Gasteiger partial charge in [0.25, 0.3) is 5.91 Å². The standard InChI is InChI=1S/C8H11NO2S/c1-9(2)8(11)6-3-7(4-10)12-5-6/h3,5,10H,4H2,1-2H3. The van der Waals surface area contributed by atoms with Crippen molar-refractivity contribution < 1.29 is 9.90 Å². The second-order valence-electron chi connectivity index (χ2n) is 2.66. The van der Waals surface area contributed by atoms with Gasteiger partial charge in [-0.3, -0.25) is 4.79 Å². The van der Waals surface area contributed by atoms with Gasteiger partial charge in [-0.1, -0.05) is 0 Å². The molecule has 0 saturated carbocycles. The first-order valence-electron chi connectivity index (χ1n) is 3.55. The summed E-state index contributed by atoms with van der Waals surface area (Å²) < 4.78 is 0. The van der Waals surface area contributed by atoms with Crippen LogP contribution in [0.1, 0.15) is 15.2 Å². The molecule has 12 heavy (non-hydrogen) atoms. The van der Waals surface area contributed by atoms with E-state index in [9.17, 15) is 4.79 Å². The molecule has 1 aromatic rings. The molecule has 0 bridgehead atoms. The molecule has 0 aliphatic rings. The maximum atomic E-state index is 11.3. The third-order valence-electron chi connectivity index (χ3n) is 1.46. The Balaban J connectivity index is 2.82. The van der Waals surface area contributed by atoms with Crippen molar-refractivity contribution in [2.45, 2.75) is 6.61 Å². The lowest BCUT2D eigenvalue weighted by atomic mass is 10.3. The quantitative estimate of drug-likeness (QED) is 0.745. The molecule has 0 aliphatic carbocycles. The van der Waals surface area contributed by atoms with Gasteiger partial charge in [0.05, 0.1) is 12.2 Å². The molecule has 1 amide bonds. The van der Waals surface area contributed by atoms with Crippen LogP contribution in [0, 0.1) is 0 Å². The number of aliphatic hydroxyl groups excluding tert-OH is 1. The highest BCUT2D eigenvalue weighted by atomic mass is 32.1. The van der Waals surface area contributed by atoms with Crippen LogP contribution >= 0.6 is 11.3 Å². The molecule has 0 radical (unpaired) electrons. The Morgan fingerprint density at radius 2 is 2.33 bits per heavy atom. The Labute approximate surface area is 75.2 Å². The van der Waals surface area contributed by atoms with E-state index in [2.05, 4.69) is 0 Å². The van der Waals surface area contributed by atoms with Gasteiger partial charge >= 0.3 is 0 Å². The van der Waals surface area contributed by atoms with Crippen LogP contribution in [0.3, 0.4) is 0 Å². The summed E-state index contributed by atoms with van der Waals surface area (Å²) in [6, 6.07) is 1.72. The van der Waals surface area contributed by atoms with Gasteiger partial charge in [0.2, 0.25) is 0 Å². The lowest BCUT2D eigenvalue weighted by molar-refractivity contribution is 0.0828. The van der Waals surface area contributed by atoms with Gasteiger partial charge in [0, 0.05) is 24.4 Å². The second kappa shape index (κ2) is 3.69. The Hall–Kier alpha value is -0.870. The van der Waals surface area contributed by atoms with Crippen molar-refractivity contribution in [1.82, 2.24) is 4.90 Å². The summed E-state index contributed by atoms with van der Waals surface area (Å²) in [6.07, 6.45) is 0. The van der Waals surface area contributed by atoms with Crippen LogP contribution in [0.25, 0.3) is 0 Å². The fraction of sp³-hybridized carbons (Fsp3) is 0.375. The summed E-state index contributed by atoms with van der Waals surface area (Å²) >= 11 is 1.40. The van der Waals surface area contributed by atoms with Crippen molar-refractivity contribution in [2.24, 2.45) is 0 Å². The molecule has 1 aromatic heterocycles. The molecule has 0 aromatic carbocycles. The van der Waals surface area contributed by atoms with E-state index < -0.39 is 0 Å². The summed E-state index contributed by atoms with van der Waals surface area (Å²) in [5, 5.41) is 10.5. The van der Waals surface area contributed by atoms with E-state index in [1.807, 2.05) is 0 Å². The molecule has 0 fully saturated rings. The van der Waals surface area contributed by atoms with E-state index in [0.717, 1.165) is 4.88 Å². The highest BCUT2D eigenvalue weighted by Gasteiger charge is 2.09. The average Bonchev–Trinajstić information content (AvgIpc) is 2.50. The molecule has 0 spiro atoms. The first kappa shape index (κ1) is 9.22. The third-order valence-corrected chi connectivity index (χ3v) is 2.38.